The maximum Gasteiger partial charge on any atom is 0.305 e. The Bertz CT molecular complexity index is 829. The molecule has 3 rings (SSSR count). The number of carboxylic acid groups (broad SMARTS) is 1. The van der Waals surface area contributed by atoms with Gasteiger partial charge in [-0.2, -0.15) is 0 Å². The molecule has 2 aromatic carbocycles. The van der Waals surface area contributed by atoms with Gasteiger partial charge in [-0.1, -0.05) is 30.3 Å². The van der Waals surface area contributed by atoms with Gasteiger partial charge in [0, 0.05) is 12.2 Å². The van der Waals surface area contributed by atoms with Crippen LogP contribution in [0, 0.1) is 6.92 Å². The first kappa shape index (κ1) is 19.9. The number of carbonyl (C=O) groups is 2. The third kappa shape index (κ3) is 5.33. The highest BCUT2D eigenvalue weighted by Gasteiger charge is 2.21. The van der Waals surface area contributed by atoms with Crippen molar-refractivity contribution in [1.82, 2.24) is 5.32 Å². The van der Waals surface area contributed by atoms with Crippen molar-refractivity contribution in [3.63, 3.8) is 0 Å². The summed E-state index contributed by atoms with van der Waals surface area (Å²) in [5, 5.41) is 12.1. The molecule has 148 valence electrons. The number of rotatable bonds is 8. The zero-order chi connectivity index (χ0) is 19.9. The van der Waals surface area contributed by atoms with Crippen LogP contribution in [-0.4, -0.2) is 36.3 Å². The van der Waals surface area contributed by atoms with E-state index >= 15 is 0 Å². The molecule has 28 heavy (non-hydrogen) atoms. The normalized spacial score (nSPS) is 17.1. The van der Waals surface area contributed by atoms with Crippen LogP contribution in [0.15, 0.2) is 48.5 Å². The summed E-state index contributed by atoms with van der Waals surface area (Å²) in [6.45, 7) is 3.12. The van der Waals surface area contributed by atoms with E-state index in [0.29, 0.717) is 17.9 Å². The van der Waals surface area contributed by atoms with E-state index < -0.39 is 12.0 Å². The van der Waals surface area contributed by atoms with Crippen molar-refractivity contribution in [1.29, 1.82) is 0 Å². The molecule has 6 nitrogen and oxygen atoms in total. The monoisotopic (exact) mass is 383 g/mol. The molecule has 1 amide bonds. The van der Waals surface area contributed by atoms with Crippen LogP contribution in [-0.2, 0) is 9.53 Å². The third-order valence-electron chi connectivity index (χ3n) is 4.80. The van der Waals surface area contributed by atoms with E-state index in [0.717, 1.165) is 30.6 Å². The quantitative estimate of drug-likeness (QED) is 0.729. The predicted molar refractivity (Wildman–Crippen MR) is 105 cm³/mol. The summed E-state index contributed by atoms with van der Waals surface area (Å²) in [5.41, 5.74) is 2.15. The topological polar surface area (TPSA) is 84.9 Å². The molecule has 0 aromatic heterocycles. The SMILES string of the molecule is Cc1ccccc1C(CC(=O)O)NC(=O)c1cccc(OCC2CCCO2)c1. The molecule has 2 aromatic rings. The van der Waals surface area contributed by atoms with Gasteiger partial charge < -0.3 is 19.9 Å². The summed E-state index contributed by atoms with van der Waals surface area (Å²) in [7, 11) is 0. The van der Waals surface area contributed by atoms with Gasteiger partial charge >= 0.3 is 5.97 Å². The van der Waals surface area contributed by atoms with Gasteiger partial charge in [0.05, 0.1) is 18.6 Å². The predicted octanol–water partition coefficient (Wildman–Crippen LogP) is 3.50. The number of hydrogen-bond acceptors (Lipinski definition) is 4. The van der Waals surface area contributed by atoms with Gasteiger partial charge in [-0.25, -0.2) is 0 Å². The Kier molecular flexibility index (Phi) is 6.66. The molecular weight excluding hydrogens is 358 g/mol. The van der Waals surface area contributed by atoms with E-state index in [4.69, 9.17) is 9.47 Å². The highest BCUT2D eigenvalue weighted by molar-refractivity contribution is 5.95. The van der Waals surface area contributed by atoms with Crippen LogP contribution in [0.4, 0.5) is 0 Å². The van der Waals surface area contributed by atoms with Crippen molar-refractivity contribution in [3.05, 3.63) is 65.2 Å². The number of amides is 1. The number of carbonyl (C=O) groups excluding carboxylic acids is 1. The Labute approximate surface area is 164 Å². The molecule has 0 saturated carbocycles. The summed E-state index contributed by atoms with van der Waals surface area (Å²) in [4.78, 5) is 24.0. The maximum atomic E-state index is 12.7. The average Bonchev–Trinajstić information content (AvgIpc) is 3.20. The standard InChI is InChI=1S/C22H25NO5/c1-15-6-2-3-10-19(15)20(13-21(24)25)23-22(26)16-7-4-8-17(12-16)28-14-18-9-5-11-27-18/h2-4,6-8,10,12,18,20H,5,9,11,13-14H2,1H3,(H,23,26)(H,24,25). The number of ether oxygens (including phenoxy) is 2. The number of aliphatic carboxylic acids is 1. The lowest BCUT2D eigenvalue weighted by Gasteiger charge is -2.20. The molecule has 1 saturated heterocycles. The Morgan fingerprint density at radius 3 is 2.79 bits per heavy atom. The Morgan fingerprint density at radius 1 is 1.25 bits per heavy atom. The van der Waals surface area contributed by atoms with E-state index in [1.807, 2.05) is 31.2 Å². The summed E-state index contributed by atoms with van der Waals surface area (Å²) >= 11 is 0. The third-order valence-corrected chi connectivity index (χ3v) is 4.80. The number of carboxylic acids is 1. The van der Waals surface area contributed by atoms with Gasteiger partial charge in [-0.15, -0.1) is 0 Å². The van der Waals surface area contributed by atoms with Gasteiger partial charge in [-0.05, 0) is 49.1 Å². The minimum atomic E-state index is -0.970. The summed E-state index contributed by atoms with van der Waals surface area (Å²) in [6, 6.07) is 13.7. The molecule has 0 aliphatic carbocycles. The molecule has 6 heteroatoms. The molecule has 1 heterocycles. The van der Waals surface area contributed by atoms with Crippen molar-refractivity contribution < 1.29 is 24.2 Å². The van der Waals surface area contributed by atoms with Gasteiger partial charge in [0.1, 0.15) is 12.4 Å². The summed E-state index contributed by atoms with van der Waals surface area (Å²) in [6.07, 6.45) is 1.93. The lowest BCUT2D eigenvalue weighted by atomic mass is 9.98. The summed E-state index contributed by atoms with van der Waals surface area (Å²) in [5.74, 6) is -0.715. The highest BCUT2D eigenvalue weighted by atomic mass is 16.5. The average molecular weight is 383 g/mol. The molecule has 0 bridgehead atoms. The summed E-state index contributed by atoms with van der Waals surface area (Å²) < 4.78 is 11.3. The Morgan fingerprint density at radius 2 is 2.07 bits per heavy atom. The van der Waals surface area contributed by atoms with E-state index in [2.05, 4.69) is 5.32 Å². The van der Waals surface area contributed by atoms with Crippen molar-refractivity contribution >= 4 is 11.9 Å². The number of nitrogens with one attached hydrogen (secondary N) is 1. The Balaban J connectivity index is 1.69. The van der Waals surface area contributed by atoms with Gasteiger partial charge in [0.15, 0.2) is 0 Å². The zero-order valence-electron chi connectivity index (χ0n) is 15.9. The van der Waals surface area contributed by atoms with Gasteiger partial charge in [0.25, 0.3) is 5.91 Å². The first-order valence-electron chi connectivity index (χ1n) is 9.45. The molecule has 1 aliphatic rings. The van der Waals surface area contributed by atoms with E-state index in [-0.39, 0.29) is 18.4 Å². The fourth-order valence-electron chi connectivity index (χ4n) is 3.32. The van der Waals surface area contributed by atoms with Gasteiger partial charge in [-0.3, -0.25) is 9.59 Å². The first-order valence-corrected chi connectivity index (χ1v) is 9.45. The van der Waals surface area contributed by atoms with E-state index in [1.165, 1.54) is 0 Å². The van der Waals surface area contributed by atoms with E-state index in [9.17, 15) is 14.7 Å². The molecule has 1 aliphatic heterocycles. The van der Waals surface area contributed by atoms with Crippen LogP contribution in [0.1, 0.15) is 46.8 Å². The molecule has 1 fully saturated rings. The molecule has 0 spiro atoms. The lowest BCUT2D eigenvalue weighted by Crippen LogP contribution is -2.30. The number of aryl methyl sites for hydroxylation is 1. The number of hydrogen-bond donors (Lipinski definition) is 2. The second kappa shape index (κ2) is 9.37. The molecule has 2 atom stereocenters. The number of benzene rings is 2. The molecular formula is C22H25NO5. The molecule has 2 unspecified atom stereocenters. The van der Waals surface area contributed by atoms with Crippen LogP contribution in [0.25, 0.3) is 0 Å². The van der Waals surface area contributed by atoms with Crippen molar-refractivity contribution in [2.24, 2.45) is 0 Å². The van der Waals surface area contributed by atoms with Crippen molar-refractivity contribution in [2.75, 3.05) is 13.2 Å². The first-order chi connectivity index (χ1) is 13.5. The largest absolute Gasteiger partial charge is 0.491 e. The fraction of sp³-hybridized carbons (Fsp3) is 0.364. The minimum Gasteiger partial charge on any atom is -0.491 e. The van der Waals surface area contributed by atoms with Crippen molar-refractivity contribution in [2.45, 2.75) is 38.3 Å². The second-order valence-electron chi connectivity index (χ2n) is 6.95. The van der Waals surface area contributed by atoms with Crippen LogP contribution < -0.4 is 10.1 Å². The van der Waals surface area contributed by atoms with Crippen LogP contribution in [0.5, 0.6) is 5.75 Å². The lowest BCUT2D eigenvalue weighted by molar-refractivity contribution is -0.137. The fourth-order valence-corrected chi connectivity index (χ4v) is 3.32. The minimum absolute atomic E-state index is 0.0958. The molecule has 2 N–H and O–H groups in total. The van der Waals surface area contributed by atoms with Crippen LogP contribution in [0.3, 0.4) is 0 Å². The van der Waals surface area contributed by atoms with Crippen LogP contribution in [0.2, 0.25) is 0 Å². The second-order valence-corrected chi connectivity index (χ2v) is 6.95. The highest BCUT2D eigenvalue weighted by Crippen LogP contribution is 2.22. The smallest absolute Gasteiger partial charge is 0.305 e. The molecule has 0 radical (unpaired) electrons. The van der Waals surface area contributed by atoms with Gasteiger partial charge in [0.2, 0.25) is 0 Å². The Hall–Kier alpha value is -2.86. The van der Waals surface area contributed by atoms with E-state index in [1.54, 1.807) is 24.3 Å². The maximum absolute atomic E-state index is 12.7. The van der Waals surface area contributed by atoms with Crippen molar-refractivity contribution in [3.8, 4) is 5.75 Å². The zero-order valence-corrected chi connectivity index (χ0v) is 15.9. The van der Waals surface area contributed by atoms with Crippen LogP contribution >= 0.6 is 0 Å².